The minimum Gasteiger partial charge on any atom is -0.467 e. The van der Waals surface area contributed by atoms with Gasteiger partial charge in [-0.1, -0.05) is 0 Å². The van der Waals surface area contributed by atoms with Gasteiger partial charge in [0.2, 0.25) is 0 Å². The zero-order valence-corrected chi connectivity index (χ0v) is 13.9. The molecule has 6 nitrogen and oxygen atoms in total. The fourth-order valence-corrected chi connectivity index (χ4v) is 3.70. The lowest BCUT2D eigenvalue weighted by molar-refractivity contribution is -0.153. The van der Waals surface area contributed by atoms with Crippen molar-refractivity contribution < 1.29 is 14.6 Å². The van der Waals surface area contributed by atoms with Gasteiger partial charge in [-0.05, 0) is 51.4 Å². The molecule has 0 radical (unpaired) electrons. The molecular formula is C17H25N3O3. The number of aliphatic hydroxyl groups excluding tert-OH is 1. The van der Waals surface area contributed by atoms with Crippen LogP contribution in [0, 0.1) is 12.8 Å². The van der Waals surface area contributed by atoms with Crippen LogP contribution in [0.3, 0.4) is 0 Å². The summed E-state index contributed by atoms with van der Waals surface area (Å²) in [6.45, 7) is 3.56. The standard InChI is InChI=1S/C17H25N3O3/c1-11-18-14-6-4-3-5-13(14)16(19-11)20-9-7-12(8-10-20)15(21)17(22)23-2/h12,15,21H,3-10H2,1-2H3. The molecule has 1 unspecified atom stereocenters. The average Bonchev–Trinajstić information content (AvgIpc) is 2.59. The summed E-state index contributed by atoms with van der Waals surface area (Å²) in [7, 11) is 1.32. The molecule has 1 N–H and O–H groups in total. The van der Waals surface area contributed by atoms with Gasteiger partial charge in [0.25, 0.3) is 0 Å². The maximum atomic E-state index is 11.5. The quantitative estimate of drug-likeness (QED) is 0.849. The minimum absolute atomic E-state index is 0.0301. The number of aliphatic hydroxyl groups is 1. The Morgan fingerprint density at radius 3 is 2.65 bits per heavy atom. The Hall–Kier alpha value is -1.69. The van der Waals surface area contributed by atoms with Gasteiger partial charge in [0.1, 0.15) is 11.6 Å². The van der Waals surface area contributed by atoms with Crippen molar-refractivity contribution in [1.29, 1.82) is 0 Å². The van der Waals surface area contributed by atoms with Crippen LogP contribution in [0.4, 0.5) is 5.82 Å². The van der Waals surface area contributed by atoms with E-state index in [4.69, 9.17) is 4.98 Å². The number of carbonyl (C=O) groups is 1. The van der Waals surface area contributed by atoms with E-state index in [-0.39, 0.29) is 5.92 Å². The fourth-order valence-electron chi connectivity index (χ4n) is 3.70. The maximum absolute atomic E-state index is 11.5. The van der Waals surface area contributed by atoms with Crippen LogP contribution in [0.1, 0.15) is 42.8 Å². The zero-order chi connectivity index (χ0) is 16.4. The first-order valence-corrected chi connectivity index (χ1v) is 8.47. The number of anilines is 1. The third-order valence-corrected chi connectivity index (χ3v) is 5.00. The molecule has 1 saturated heterocycles. The van der Waals surface area contributed by atoms with Gasteiger partial charge in [0, 0.05) is 24.3 Å². The summed E-state index contributed by atoms with van der Waals surface area (Å²) in [5, 5.41) is 10.0. The predicted molar refractivity (Wildman–Crippen MR) is 86.4 cm³/mol. The van der Waals surface area contributed by atoms with Crippen molar-refractivity contribution in [3.05, 3.63) is 17.1 Å². The molecule has 0 aromatic carbocycles. The van der Waals surface area contributed by atoms with Crippen molar-refractivity contribution in [2.24, 2.45) is 5.92 Å². The molecular weight excluding hydrogens is 294 g/mol. The first-order chi connectivity index (χ1) is 11.1. The molecule has 1 aromatic rings. The number of ether oxygens (including phenoxy) is 1. The summed E-state index contributed by atoms with van der Waals surface area (Å²) < 4.78 is 4.64. The van der Waals surface area contributed by atoms with E-state index < -0.39 is 12.1 Å². The summed E-state index contributed by atoms with van der Waals surface area (Å²) in [6, 6.07) is 0. The van der Waals surface area contributed by atoms with E-state index in [0.29, 0.717) is 0 Å². The number of hydrogen-bond acceptors (Lipinski definition) is 6. The molecule has 0 spiro atoms. The van der Waals surface area contributed by atoms with Crippen molar-refractivity contribution in [1.82, 2.24) is 9.97 Å². The Labute approximate surface area is 136 Å². The van der Waals surface area contributed by atoms with Gasteiger partial charge < -0.3 is 14.7 Å². The van der Waals surface area contributed by atoms with Gasteiger partial charge in [-0.3, -0.25) is 0 Å². The van der Waals surface area contributed by atoms with Crippen LogP contribution in [0.5, 0.6) is 0 Å². The Kier molecular flexibility index (Phi) is 4.80. The minimum atomic E-state index is -1.01. The highest BCUT2D eigenvalue weighted by Gasteiger charge is 2.32. The highest BCUT2D eigenvalue weighted by molar-refractivity contribution is 5.74. The van der Waals surface area contributed by atoms with Gasteiger partial charge in [-0.25, -0.2) is 14.8 Å². The van der Waals surface area contributed by atoms with E-state index in [1.54, 1.807) is 0 Å². The summed E-state index contributed by atoms with van der Waals surface area (Å²) in [5.41, 5.74) is 2.50. The molecule has 126 valence electrons. The van der Waals surface area contributed by atoms with E-state index in [1.165, 1.54) is 31.2 Å². The molecule has 0 bridgehead atoms. The number of aryl methyl sites for hydroxylation is 2. The normalized spacial score (nSPS) is 20.0. The molecule has 0 saturated carbocycles. The fraction of sp³-hybridized carbons (Fsp3) is 0.706. The maximum Gasteiger partial charge on any atom is 0.334 e. The molecule has 1 fully saturated rings. The number of carbonyl (C=O) groups excluding carboxylic acids is 1. The SMILES string of the molecule is COC(=O)C(O)C1CCN(c2nc(C)nc3c2CCCC3)CC1. The second-order valence-electron chi connectivity index (χ2n) is 6.52. The number of fused-ring (bicyclic) bond motifs is 1. The molecule has 6 heteroatoms. The van der Waals surface area contributed by atoms with Crippen molar-refractivity contribution >= 4 is 11.8 Å². The molecule has 3 rings (SSSR count). The molecule has 2 aliphatic rings. The van der Waals surface area contributed by atoms with Crippen molar-refractivity contribution in [2.75, 3.05) is 25.1 Å². The van der Waals surface area contributed by atoms with Gasteiger partial charge in [-0.15, -0.1) is 0 Å². The topological polar surface area (TPSA) is 75.6 Å². The Morgan fingerprint density at radius 2 is 1.96 bits per heavy atom. The van der Waals surface area contributed by atoms with Crippen LogP contribution < -0.4 is 4.90 Å². The van der Waals surface area contributed by atoms with E-state index in [1.807, 2.05) is 6.92 Å². The monoisotopic (exact) mass is 319 g/mol. The lowest BCUT2D eigenvalue weighted by Crippen LogP contribution is -2.41. The van der Waals surface area contributed by atoms with E-state index in [0.717, 1.165) is 50.4 Å². The number of hydrogen-bond donors (Lipinski definition) is 1. The van der Waals surface area contributed by atoms with Crippen LogP contribution in [0.25, 0.3) is 0 Å². The first kappa shape index (κ1) is 16.2. The molecule has 1 atom stereocenters. The molecule has 23 heavy (non-hydrogen) atoms. The summed E-state index contributed by atoms with van der Waals surface area (Å²) >= 11 is 0. The van der Waals surface area contributed by atoms with Gasteiger partial charge in [-0.2, -0.15) is 0 Å². The number of rotatable bonds is 3. The summed E-state index contributed by atoms with van der Waals surface area (Å²) in [5.74, 6) is 1.34. The average molecular weight is 319 g/mol. The van der Waals surface area contributed by atoms with Gasteiger partial charge >= 0.3 is 5.97 Å². The van der Waals surface area contributed by atoms with E-state index in [2.05, 4.69) is 14.6 Å². The Morgan fingerprint density at radius 1 is 1.26 bits per heavy atom. The second-order valence-corrected chi connectivity index (χ2v) is 6.52. The molecule has 1 aliphatic carbocycles. The Bertz CT molecular complexity index is 583. The van der Waals surface area contributed by atoms with E-state index in [9.17, 15) is 9.90 Å². The van der Waals surface area contributed by atoms with Crippen LogP contribution in [0.2, 0.25) is 0 Å². The number of nitrogens with zero attached hydrogens (tertiary/aromatic N) is 3. The van der Waals surface area contributed by atoms with Crippen LogP contribution >= 0.6 is 0 Å². The molecule has 2 heterocycles. The Balaban J connectivity index is 1.73. The van der Waals surface area contributed by atoms with E-state index >= 15 is 0 Å². The lowest BCUT2D eigenvalue weighted by atomic mass is 9.90. The first-order valence-electron chi connectivity index (χ1n) is 8.47. The van der Waals surface area contributed by atoms with Gasteiger partial charge in [0.15, 0.2) is 6.10 Å². The second kappa shape index (κ2) is 6.83. The van der Waals surface area contributed by atoms with Crippen molar-refractivity contribution in [3.63, 3.8) is 0 Å². The van der Waals surface area contributed by atoms with Crippen LogP contribution in [-0.2, 0) is 22.4 Å². The molecule has 0 amide bonds. The number of piperidine rings is 1. The smallest absolute Gasteiger partial charge is 0.334 e. The van der Waals surface area contributed by atoms with Crippen molar-refractivity contribution in [3.8, 4) is 0 Å². The largest absolute Gasteiger partial charge is 0.467 e. The third kappa shape index (κ3) is 3.32. The molecule has 1 aromatic heterocycles. The lowest BCUT2D eigenvalue weighted by Gasteiger charge is -2.36. The summed E-state index contributed by atoms with van der Waals surface area (Å²) in [6.07, 6.45) is 5.03. The number of esters is 1. The summed E-state index contributed by atoms with van der Waals surface area (Å²) in [4.78, 5) is 23.1. The predicted octanol–water partition coefficient (Wildman–Crippen LogP) is 1.41. The third-order valence-electron chi connectivity index (χ3n) is 5.00. The van der Waals surface area contributed by atoms with Crippen LogP contribution in [0.15, 0.2) is 0 Å². The highest BCUT2D eigenvalue weighted by Crippen LogP contribution is 2.31. The molecule has 1 aliphatic heterocycles. The van der Waals surface area contributed by atoms with Gasteiger partial charge in [0.05, 0.1) is 7.11 Å². The zero-order valence-electron chi connectivity index (χ0n) is 13.9. The van der Waals surface area contributed by atoms with Crippen molar-refractivity contribution in [2.45, 2.75) is 51.6 Å². The number of methoxy groups -OCH3 is 1. The number of aromatic nitrogens is 2. The van der Waals surface area contributed by atoms with Crippen LogP contribution in [-0.4, -0.2) is 47.3 Å². The highest BCUT2D eigenvalue weighted by atomic mass is 16.5.